The molecular weight excluding hydrogens is 527 g/mol. The molecule has 7 nitrogen and oxygen atoms in total. The molecule has 4 aliphatic rings. The van der Waals surface area contributed by atoms with Gasteiger partial charge in [-0.2, -0.15) is 0 Å². The lowest BCUT2D eigenvalue weighted by Crippen LogP contribution is -2.38. The van der Waals surface area contributed by atoms with E-state index in [0.29, 0.717) is 28.3 Å². The van der Waals surface area contributed by atoms with Crippen molar-refractivity contribution in [3.05, 3.63) is 76.2 Å². The molecule has 1 aliphatic carbocycles. The molecule has 0 radical (unpaired) electrons. The Morgan fingerprint density at radius 1 is 1.41 bits per heavy atom. The van der Waals surface area contributed by atoms with Crippen molar-refractivity contribution in [3.8, 4) is 0 Å². The highest BCUT2D eigenvalue weighted by Gasteiger charge is 2.43. The molecule has 0 spiro atoms. The Labute approximate surface area is 209 Å². The fourth-order valence-corrected chi connectivity index (χ4v) is 4.84. The summed E-state index contributed by atoms with van der Waals surface area (Å²) in [4.78, 5) is 16.9. The number of hydrogen-bond donors (Lipinski definition) is 3. The molecule has 10 heteroatoms. The average Bonchev–Trinajstić information content (AvgIpc) is 3.44. The summed E-state index contributed by atoms with van der Waals surface area (Å²) < 4.78 is 25.9. The van der Waals surface area contributed by atoms with Gasteiger partial charge >= 0.3 is 0 Å². The Morgan fingerprint density at radius 2 is 2.29 bits per heavy atom. The van der Waals surface area contributed by atoms with Crippen molar-refractivity contribution < 1.29 is 18.7 Å². The van der Waals surface area contributed by atoms with Crippen molar-refractivity contribution in [3.63, 3.8) is 0 Å². The molecule has 178 valence electrons. The van der Waals surface area contributed by atoms with Gasteiger partial charge in [0.1, 0.15) is 23.5 Å². The quantitative estimate of drug-likeness (QED) is 0.349. The van der Waals surface area contributed by atoms with Gasteiger partial charge in [0, 0.05) is 29.1 Å². The number of alkyl halides is 1. The predicted octanol–water partition coefficient (Wildman–Crippen LogP) is 4.29. The van der Waals surface area contributed by atoms with Crippen LogP contribution in [0.3, 0.4) is 0 Å². The van der Waals surface area contributed by atoms with Crippen molar-refractivity contribution in [2.75, 3.05) is 10.6 Å². The minimum atomic E-state index is -0.495. The highest BCUT2D eigenvalue weighted by Crippen LogP contribution is 2.38. The summed E-state index contributed by atoms with van der Waals surface area (Å²) >= 11 is 9.21. The number of fused-ring (bicyclic) bond motifs is 3. The Balaban J connectivity index is 1.44. The van der Waals surface area contributed by atoms with Crippen molar-refractivity contribution in [2.45, 2.75) is 43.6 Å². The van der Waals surface area contributed by atoms with Crippen molar-refractivity contribution >= 4 is 45.5 Å². The number of nitrogens with zero attached hydrogens (tertiary/aromatic N) is 1. The van der Waals surface area contributed by atoms with E-state index in [-0.39, 0.29) is 35.3 Å². The number of aliphatic imine (C=N–C) groups is 1. The van der Waals surface area contributed by atoms with E-state index >= 15 is 0 Å². The summed E-state index contributed by atoms with van der Waals surface area (Å²) in [7, 11) is 0. The molecule has 4 unspecified atom stereocenters. The van der Waals surface area contributed by atoms with Gasteiger partial charge in [0.15, 0.2) is 0 Å². The second-order valence-corrected chi connectivity index (χ2v) is 9.42. The number of allylic oxidation sites excluding steroid dienone is 1. The highest BCUT2D eigenvalue weighted by atomic mass is 79.9. The first-order chi connectivity index (χ1) is 16.5. The molecule has 1 aromatic rings. The summed E-state index contributed by atoms with van der Waals surface area (Å²) in [5, 5.41) is 9.91. The SMILES string of the molecule is O=C(/C=C/CBr)NC1=CC2=C(Nc3ccc(F)c(Cl)c3)N=CNC2C=C1OC1CC2CCC1O2. The summed E-state index contributed by atoms with van der Waals surface area (Å²) in [6.45, 7) is 0. The molecular formula is C24H23BrClFN4O3. The van der Waals surface area contributed by atoms with Crippen LogP contribution in [0.2, 0.25) is 5.02 Å². The smallest absolute Gasteiger partial charge is 0.248 e. The van der Waals surface area contributed by atoms with E-state index in [4.69, 9.17) is 21.1 Å². The number of rotatable bonds is 7. The van der Waals surface area contributed by atoms with Crippen LogP contribution in [0.25, 0.3) is 0 Å². The highest BCUT2D eigenvalue weighted by molar-refractivity contribution is 9.09. The standard InChI is InChI=1S/C24H23BrClFN4O3/c25-7-1-2-23(32)31-19-10-15-18(11-21(19)34-22-9-14-4-6-20(22)33-14)28-12-29-24(15)30-13-3-5-17(27)16(26)8-13/h1-3,5,8,10-12,14,18,20,22,30H,4,6-7,9H2,(H,28,29)(H,31,32)/b2-1+. The molecule has 4 atom stereocenters. The van der Waals surface area contributed by atoms with Crippen LogP contribution in [0.5, 0.6) is 0 Å². The van der Waals surface area contributed by atoms with E-state index in [2.05, 4.69) is 36.9 Å². The molecule has 34 heavy (non-hydrogen) atoms. The Kier molecular flexibility index (Phi) is 6.76. The molecule has 3 aliphatic heterocycles. The summed E-state index contributed by atoms with van der Waals surface area (Å²) in [5.74, 6) is 0.371. The number of carbonyl (C=O) groups excluding carboxylic acids is 1. The lowest BCUT2D eigenvalue weighted by molar-refractivity contribution is -0.115. The zero-order valence-electron chi connectivity index (χ0n) is 18.1. The number of ether oxygens (including phenoxy) is 2. The molecule has 2 bridgehead atoms. The lowest BCUT2D eigenvalue weighted by atomic mass is 9.96. The first-order valence-corrected chi connectivity index (χ1v) is 12.5. The van der Waals surface area contributed by atoms with Gasteiger partial charge in [0.25, 0.3) is 0 Å². The zero-order valence-corrected chi connectivity index (χ0v) is 20.4. The number of hydrogen-bond acceptors (Lipinski definition) is 6. The maximum atomic E-state index is 13.6. The normalized spacial score (nSPS) is 27.3. The van der Waals surface area contributed by atoms with Gasteiger partial charge in [-0.25, -0.2) is 9.38 Å². The monoisotopic (exact) mass is 548 g/mol. The number of amides is 1. The van der Waals surface area contributed by atoms with E-state index in [1.165, 1.54) is 18.2 Å². The molecule has 1 aromatic carbocycles. The minimum absolute atomic E-state index is 0.0134. The Bertz CT molecular complexity index is 1150. The van der Waals surface area contributed by atoms with E-state index < -0.39 is 5.82 Å². The van der Waals surface area contributed by atoms with E-state index in [0.717, 1.165) is 24.8 Å². The van der Waals surface area contributed by atoms with Crippen LogP contribution < -0.4 is 16.0 Å². The first-order valence-electron chi connectivity index (χ1n) is 11.0. The number of carbonyl (C=O) groups is 1. The third kappa shape index (κ3) is 4.92. The minimum Gasteiger partial charge on any atom is -0.486 e. The van der Waals surface area contributed by atoms with Gasteiger partial charge in [-0.05, 0) is 43.2 Å². The van der Waals surface area contributed by atoms with Crippen LogP contribution in [0.1, 0.15) is 19.3 Å². The Hall–Kier alpha value is -2.62. The third-order valence-electron chi connectivity index (χ3n) is 6.07. The van der Waals surface area contributed by atoms with Gasteiger partial charge in [0.2, 0.25) is 5.91 Å². The van der Waals surface area contributed by atoms with Crippen LogP contribution in [0, 0.1) is 5.82 Å². The van der Waals surface area contributed by atoms with Gasteiger partial charge < -0.3 is 25.4 Å². The summed E-state index contributed by atoms with van der Waals surface area (Å²) in [6, 6.07) is 4.14. The van der Waals surface area contributed by atoms with Crippen LogP contribution in [0.4, 0.5) is 10.1 Å². The third-order valence-corrected chi connectivity index (χ3v) is 6.73. The van der Waals surface area contributed by atoms with Gasteiger partial charge in [-0.15, -0.1) is 0 Å². The topological polar surface area (TPSA) is 84.0 Å². The van der Waals surface area contributed by atoms with Gasteiger partial charge in [0.05, 0.1) is 35.3 Å². The predicted molar refractivity (Wildman–Crippen MR) is 132 cm³/mol. The largest absolute Gasteiger partial charge is 0.486 e. The summed E-state index contributed by atoms with van der Waals surface area (Å²) in [6.07, 6.45) is 11.7. The number of anilines is 1. The molecule has 3 N–H and O–H groups in total. The van der Waals surface area contributed by atoms with Crippen molar-refractivity contribution in [1.82, 2.24) is 10.6 Å². The van der Waals surface area contributed by atoms with Crippen LogP contribution in [-0.4, -0.2) is 41.9 Å². The van der Waals surface area contributed by atoms with Crippen LogP contribution in [-0.2, 0) is 14.3 Å². The lowest BCUT2D eigenvalue weighted by Gasteiger charge is -2.30. The molecule has 0 saturated carbocycles. The molecule has 5 rings (SSSR count). The number of benzene rings is 1. The second-order valence-electron chi connectivity index (χ2n) is 8.36. The Morgan fingerprint density at radius 3 is 3.03 bits per heavy atom. The van der Waals surface area contributed by atoms with Gasteiger partial charge in [-0.1, -0.05) is 33.6 Å². The summed E-state index contributed by atoms with van der Waals surface area (Å²) in [5.41, 5.74) is 1.92. The number of nitrogens with one attached hydrogen (secondary N) is 3. The molecule has 2 fully saturated rings. The van der Waals surface area contributed by atoms with Crippen LogP contribution in [0.15, 0.2) is 70.3 Å². The van der Waals surface area contributed by atoms with E-state index in [1.807, 2.05) is 12.2 Å². The van der Waals surface area contributed by atoms with E-state index in [9.17, 15) is 9.18 Å². The van der Waals surface area contributed by atoms with E-state index in [1.54, 1.807) is 18.5 Å². The molecule has 3 heterocycles. The maximum Gasteiger partial charge on any atom is 0.248 e. The molecule has 1 amide bonds. The maximum absolute atomic E-state index is 13.6. The number of halogens is 3. The zero-order chi connectivity index (χ0) is 23.7. The van der Waals surface area contributed by atoms with Crippen molar-refractivity contribution in [2.24, 2.45) is 4.99 Å². The van der Waals surface area contributed by atoms with Crippen LogP contribution >= 0.6 is 27.5 Å². The second kappa shape index (κ2) is 9.93. The van der Waals surface area contributed by atoms with Gasteiger partial charge in [-0.3, -0.25) is 4.79 Å². The fraction of sp³-hybridized carbons (Fsp3) is 0.333. The fourth-order valence-electron chi connectivity index (χ4n) is 4.48. The average molecular weight is 550 g/mol. The van der Waals surface area contributed by atoms with Crippen molar-refractivity contribution in [1.29, 1.82) is 0 Å². The molecule has 0 aromatic heterocycles. The first kappa shape index (κ1) is 23.1. The molecule has 2 saturated heterocycles.